The molecule has 3 N–H and O–H groups in total. The van der Waals surface area contributed by atoms with Crippen LogP contribution in [-0.2, 0) is 14.6 Å². The highest BCUT2D eigenvalue weighted by molar-refractivity contribution is 7.91. The van der Waals surface area contributed by atoms with Gasteiger partial charge in [-0.1, -0.05) is 6.07 Å². The monoisotopic (exact) mass is 339 g/mol. The molecule has 7 nitrogen and oxygen atoms in total. The second-order valence-corrected chi connectivity index (χ2v) is 8.05. The van der Waals surface area contributed by atoms with Gasteiger partial charge in [-0.2, -0.15) is 0 Å². The number of nitrogens with zero attached hydrogens (tertiary/aromatic N) is 1. The number of benzene rings is 1. The number of nitrogens with one attached hydrogen (secondary N) is 1. The van der Waals surface area contributed by atoms with Crippen molar-refractivity contribution in [3.8, 4) is 0 Å². The van der Waals surface area contributed by atoms with E-state index in [1.54, 1.807) is 38.2 Å². The minimum atomic E-state index is -3.04. The lowest BCUT2D eigenvalue weighted by molar-refractivity contribution is -0.132. The van der Waals surface area contributed by atoms with Crippen molar-refractivity contribution in [2.45, 2.75) is 25.4 Å². The van der Waals surface area contributed by atoms with Gasteiger partial charge in [-0.3, -0.25) is 9.59 Å². The normalized spacial score (nSPS) is 20.7. The van der Waals surface area contributed by atoms with Crippen molar-refractivity contribution in [1.82, 2.24) is 4.90 Å². The van der Waals surface area contributed by atoms with E-state index in [9.17, 15) is 18.0 Å². The zero-order valence-electron chi connectivity index (χ0n) is 13.2. The predicted molar refractivity (Wildman–Crippen MR) is 87.9 cm³/mol. The van der Waals surface area contributed by atoms with E-state index in [2.05, 4.69) is 5.32 Å². The highest BCUT2D eigenvalue weighted by atomic mass is 32.2. The Labute approximate surface area is 135 Å². The van der Waals surface area contributed by atoms with Gasteiger partial charge in [0.05, 0.1) is 11.5 Å². The largest absolute Gasteiger partial charge is 0.374 e. The first-order valence-electron chi connectivity index (χ1n) is 7.33. The molecule has 0 spiro atoms. The highest BCUT2D eigenvalue weighted by Gasteiger charge is 2.34. The number of likely N-dealkylation sites (N-methyl/N-ethyl adjacent to an activating group) is 1. The van der Waals surface area contributed by atoms with E-state index in [0.29, 0.717) is 17.7 Å². The van der Waals surface area contributed by atoms with Crippen molar-refractivity contribution in [1.29, 1.82) is 0 Å². The Morgan fingerprint density at radius 1 is 1.39 bits per heavy atom. The average molecular weight is 339 g/mol. The molecule has 2 rings (SSSR count). The number of amides is 2. The fraction of sp³-hybridized carbons (Fsp3) is 0.467. The number of rotatable bonds is 5. The number of carbonyl (C=O) groups is 2. The quantitative estimate of drug-likeness (QED) is 0.798. The maximum Gasteiger partial charge on any atom is 0.248 e. The fourth-order valence-electron chi connectivity index (χ4n) is 2.64. The van der Waals surface area contributed by atoms with Gasteiger partial charge in [0.25, 0.3) is 0 Å². The van der Waals surface area contributed by atoms with Crippen molar-refractivity contribution in [2.75, 3.05) is 23.9 Å². The van der Waals surface area contributed by atoms with Crippen molar-refractivity contribution in [3.63, 3.8) is 0 Å². The lowest BCUT2D eigenvalue weighted by Crippen LogP contribution is -2.45. The average Bonchev–Trinajstić information content (AvgIpc) is 2.86. The predicted octanol–water partition coefficient (Wildman–Crippen LogP) is 0.231. The second kappa shape index (κ2) is 6.57. The molecule has 1 aromatic carbocycles. The second-order valence-electron chi connectivity index (χ2n) is 5.82. The number of carbonyl (C=O) groups excluding carboxylic acids is 2. The van der Waals surface area contributed by atoms with Crippen LogP contribution in [0, 0.1) is 0 Å². The lowest BCUT2D eigenvalue weighted by atomic mass is 10.1. The summed E-state index contributed by atoms with van der Waals surface area (Å²) in [4.78, 5) is 25.1. The van der Waals surface area contributed by atoms with E-state index in [0.717, 1.165) is 0 Å². The van der Waals surface area contributed by atoms with Crippen LogP contribution in [-0.4, -0.2) is 55.8 Å². The van der Waals surface area contributed by atoms with Crippen LogP contribution in [0.25, 0.3) is 0 Å². The summed E-state index contributed by atoms with van der Waals surface area (Å²) < 4.78 is 23.1. The first-order valence-corrected chi connectivity index (χ1v) is 9.15. The summed E-state index contributed by atoms with van der Waals surface area (Å²) in [5.74, 6) is -0.603. The SMILES string of the molecule is CC(Nc1cccc(C(N)=O)c1)C(=O)N(C)C1CCS(=O)(=O)C1. The van der Waals surface area contributed by atoms with E-state index in [1.807, 2.05) is 0 Å². The molecule has 0 saturated carbocycles. The number of nitrogens with two attached hydrogens (primary N) is 1. The molecule has 2 amide bonds. The van der Waals surface area contributed by atoms with Gasteiger partial charge < -0.3 is 16.0 Å². The van der Waals surface area contributed by atoms with Crippen molar-refractivity contribution in [3.05, 3.63) is 29.8 Å². The third-order valence-corrected chi connectivity index (χ3v) is 5.75. The summed E-state index contributed by atoms with van der Waals surface area (Å²) in [5.41, 5.74) is 6.19. The zero-order chi connectivity index (χ0) is 17.2. The molecule has 0 bridgehead atoms. The minimum Gasteiger partial charge on any atom is -0.374 e. The molecule has 8 heteroatoms. The molecule has 1 aliphatic rings. The Hall–Kier alpha value is -2.09. The number of sulfone groups is 1. The third kappa shape index (κ3) is 4.22. The molecule has 1 aromatic rings. The molecule has 1 saturated heterocycles. The summed E-state index contributed by atoms with van der Waals surface area (Å²) >= 11 is 0. The standard InChI is InChI=1S/C15H21N3O4S/c1-10(17-12-5-3-4-11(8-12)14(16)19)15(20)18(2)13-6-7-23(21,22)9-13/h3-5,8,10,13,17H,6-7,9H2,1-2H3,(H2,16,19). The van der Waals surface area contributed by atoms with Crippen LogP contribution in [0.15, 0.2) is 24.3 Å². The Morgan fingerprint density at radius 3 is 2.65 bits per heavy atom. The van der Waals surface area contributed by atoms with E-state index in [4.69, 9.17) is 5.73 Å². The first kappa shape index (κ1) is 17.3. The highest BCUT2D eigenvalue weighted by Crippen LogP contribution is 2.18. The van der Waals surface area contributed by atoms with Crippen LogP contribution >= 0.6 is 0 Å². The minimum absolute atomic E-state index is 0.0130. The van der Waals surface area contributed by atoms with Gasteiger partial charge in [0.2, 0.25) is 11.8 Å². The topological polar surface area (TPSA) is 110 Å². The van der Waals surface area contributed by atoms with Gasteiger partial charge in [-0.05, 0) is 31.5 Å². The molecule has 0 radical (unpaired) electrons. The van der Waals surface area contributed by atoms with E-state index >= 15 is 0 Å². The summed E-state index contributed by atoms with van der Waals surface area (Å²) in [5, 5.41) is 3.01. The summed E-state index contributed by atoms with van der Waals surface area (Å²) in [6.45, 7) is 1.69. The third-order valence-electron chi connectivity index (χ3n) is 4.00. The van der Waals surface area contributed by atoms with E-state index in [1.165, 1.54) is 4.90 Å². The van der Waals surface area contributed by atoms with Crippen LogP contribution in [0.2, 0.25) is 0 Å². The molecule has 23 heavy (non-hydrogen) atoms. The first-order chi connectivity index (χ1) is 10.7. The maximum absolute atomic E-state index is 12.4. The summed E-state index contributed by atoms with van der Waals surface area (Å²) in [6.07, 6.45) is 0.467. The maximum atomic E-state index is 12.4. The van der Waals surface area contributed by atoms with E-state index < -0.39 is 21.8 Å². The number of hydrogen-bond donors (Lipinski definition) is 2. The number of primary amides is 1. The Kier molecular flexibility index (Phi) is 4.93. The Bertz CT molecular complexity index is 717. The summed E-state index contributed by atoms with van der Waals surface area (Å²) in [7, 11) is -1.42. The lowest BCUT2D eigenvalue weighted by Gasteiger charge is -2.27. The van der Waals surface area contributed by atoms with Gasteiger partial charge >= 0.3 is 0 Å². The van der Waals surface area contributed by atoms with E-state index in [-0.39, 0.29) is 23.5 Å². The van der Waals surface area contributed by atoms with Crippen molar-refractivity contribution in [2.24, 2.45) is 5.73 Å². The van der Waals surface area contributed by atoms with Crippen molar-refractivity contribution < 1.29 is 18.0 Å². The van der Waals surface area contributed by atoms with Crippen LogP contribution in [0.1, 0.15) is 23.7 Å². The molecule has 2 unspecified atom stereocenters. The molecular formula is C15H21N3O4S. The Morgan fingerprint density at radius 2 is 2.09 bits per heavy atom. The van der Waals surface area contributed by atoms with Crippen molar-refractivity contribution >= 4 is 27.3 Å². The van der Waals surface area contributed by atoms with Gasteiger partial charge in [-0.25, -0.2) is 8.42 Å². The van der Waals surface area contributed by atoms with Crippen LogP contribution in [0.5, 0.6) is 0 Å². The van der Waals surface area contributed by atoms with Gasteiger partial charge in [0, 0.05) is 24.3 Å². The molecule has 2 atom stereocenters. The molecule has 126 valence electrons. The van der Waals surface area contributed by atoms with Crippen LogP contribution in [0.4, 0.5) is 5.69 Å². The molecule has 1 fully saturated rings. The molecule has 0 aromatic heterocycles. The van der Waals surface area contributed by atoms with Gasteiger partial charge in [0.1, 0.15) is 6.04 Å². The van der Waals surface area contributed by atoms with Gasteiger partial charge in [0.15, 0.2) is 9.84 Å². The molecule has 1 heterocycles. The Balaban J connectivity index is 2.02. The number of hydrogen-bond acceptors (Lipinski definition) is 5. The smallest absolute Gasteiger partial charge is 0.248 e. The molecule has 1 aliphatic heterocycles. The fourth-order valence-corrected chi connectivity index (χ4v) is 4.41. The zero-order valence-corrected chi connectivity index (χ0v) is 14.0. The number of anilines is 1. The molecular weight excluding hydrogens is 318 g/mol. The van der Waals surface area contributed by atoms with Crippen LogP contribution < -0.4 is 11.1 Å². The summed E-state index contributed by atoms with van der Waals surface area (Å²) in [6, 6.07) is 5.74. The van der Waals surface area contributed by atoms with Crippen LogP contribution in [0.3, 0.4) is 0 Å². The van der Waals surface area contributed by atoms with Gasteiger partial charge in [-0.15, -0.1) is 0 Å². The molecule has 0 aliphatic carbocycles.